The van der Waals surface area contributed by atoms with Crippen LogP contribution in [0.5, 0.6) is 0 Å². The highest BCUT2D eigenvalue weighted by Crippen LogP contribution is 2.22. The Kier molecular flexibility index (Phi) is 7.07. The molecule has 3 rings (SSSR count). The fraction of sp³-hybridized carbons (Fsp3) is 0.208. The third-order valence-corrected chi connectivity index (χ3v) is 6.81. The van der Waals surface area contributed by atoms with Crippen LogP contribution in [0.25, 0.3) is 0 Å². The van der Waals surface area contributed by atoms with Crippen molar-refractivity contribution >= 4 is 21.6 Å². The number of hydrogen-bond donors (Lipinski definition) is 1. The van der Waals surface area contributed by atoms with Gasteiger partial charge in [0.15, 0.2) is 0 Å². The van der Waals surface area contributed by atoms with Gasteiger partial charge in [0.25, 0.3) is 15.9 Å². The number of carbonyl (C=O) groups is 1. The number of rotatable bonds is 8. The summed E-state index contributed by atoms with van der Waals surface area (Å²) in [6.45, 7) is 2.38. The first kappa shape index (κ1) is 22.5. The SMILES string of the molecule is Cc1ccc(S(=O)(=O)N(C)c2ccc(C(=O)NCCCc3ccc(F)cc3)cc2)cc1. The quantitative estimate of drug-likeness (QED) is 0.531. The minimum atomic E-state index is -3.68. The third-order valence-electron chi connectivity index (χ3n) is 5.01. The average Bonchev–Trinajstić information content (AvgIpc) is 2.77. The maximum Gasteiger partial charge on any atom is 0.264 e. The number of anilines is 1. The Balaban J connectivity index is 1.56. The number of benzene rings is 3. The maximum absolute atomic E-state index is 12.9. The molecule has 1 N–H and O–H groups in total. The molecule has 3 aromatic carbocycles. The van der Waals surface area contributed by atoms with Gasteiger partial charge in [-0.1, -0.05) is 29.8 Å². The molecule has 1 amide bonds. The molecule has 0 radical (unpaired) electrons. The van der Waals surface area contributed by atoms with Crippen molar-refractivity contribution in [3.8, 4) is 0 Å². The highest BCUT2D eigenvalue weighted by molar-refractivity contribution is 7.92. The topological polar surface area (TPSA) is 66.5 Å². The number of halogens is 1. The van der Waals surface area contributed by atoms with Crippen molar-refractivity contribution in [1.29, 1.82) is 0 Å². The van der Waals surface area contributed by atoms with Crippen molar-refractivity contribution < 1.29 is 17.6 Å². The number of nitrogens with one attached hydrogen (secondary N) is 1. The lowest BCUT2D eigenvalue weighted by Crippen LogP contribution is -2.27. The zero-order chi connectivity index (χ0) is 22.4. The second kappa shape index (κ2) is 9.75. The van der Waals surface area contributed by atoms with Gasteiger partial charge in [0.2, 0.25) is 0 Å². The van der Waals surface area contributed by atoms with E-state index in [2.05, 4.69) is 5.32 Å². The van der Waals surface area contributed by atoms with E-state index in [9.17, 15) is 17.6 Å². The van der Waals surface area contributed by atoms with Crippen LogP contribution in [0.15, 0.2) is 77.7 Å². The van der Waals surface area contributed by atoms with Crippen LogP contribution in [0, 0.1) is 12.7 Å². The molecule has 0 aliphatic carbocycles. The Hall–Kier alpha value is -3.19. The number of carbonyl (C=O) groups excluding carboxylic acids is 1. The second-order valence-electron chi connectivity index (χ2n) is 7.32. The molecular weight excluding hydrogens is 415 g/mol. The summed E-state index contributed by atoms with van der Waals surface area (Å²) in [5.74, 6) is -0.493. The Morgan fingerprint density at radius 3 is 2.16 bits per heavy atom. The van der Waals surface area contributed by atoms with Gasteiger partial charge in [0, 0.05) is 19.2 Å². The predicted octanol–water partition coefficient (Wildman–Crippen LogP) is 4.32. The van der Waals surface area contributed by atoms with Crippen LogP contribution in [-0.2, 0) is 16.4 Å². The van der Waals surface area contributed by atoms with Gasteiger partial charge in [-0.2, -0.15) is 0 Å². The first-order valence-electron chi connectivity index (χ1n) is 9.96. The molecule has 7 heteroatoms. The first-order valence-corrected chi connectivity index (χ1v) is 11.4. The molecule has 0 fully saturated rings. The number of sulfonamides is 1. The van der Waals surface area contributed by atoms with E-state index in [1.54, 1.807) is 60.7 Å². The Morgan fingerprint density at radius 1 is 0.935 bits per heavy atom. The molecule has 3 aromatic rings. The number of aryl methyl sites for hydroxylation is 2. The summed E-state index contributed by atoms with van der Waals surface area (Å²) < 4.78 is 39.7. The summed E-state index contributed by atoms with van der Waals surface area (Å²) in [5.41, 5.74) is 2.91. The van der Waals surface area contributed by atoms with Crippen LogP contribution < -0.4 is 9.62 Å². The summed E-state index contributed by atoms with van der Waals surface area (Å²) in [4.78, 5) is 12.6. The lowest BCUT2D eigenvalue weighted by Gasteiger charge is -2.20. The molecule has 0 saturated heterocycles. The normalized spacial score (nSPS) is 11.2. The highest BCUT2D eigenvalue weighted by Gasteiger charge is 2.21. The fourth-order valence-corrected chi connectivity index (χ4v) is 4.27. The average molecular weight is 441 g/mol. The molecule has 0 aliphatic heterocycles. The summed E-state index contributed by atoms with van der Waals surface area (Å²) in [5, 5.41) is 2.85. The minimum Gasteiger partial charge on any atom is -0.352 e. The van der Waals surface area contributed by atoms with Gasteiger partial charge < -0.3 is 5.32 Å². The zero-order valence-corrected chi connectivity index (χ0v) is 18.3. The Labute approximate surface area is 182 Å². The molecule has 31 heavy (non-hydrogen) atoms. The molecule has 0 aromatic heterocycles. The number of hydrogen-bond acceptors (Lipinski definition) is 3. The molecule has 0 heterocycles. The largest absolute Gasteiger partial charge is 0.352 e. The molecule has 5 nitrogen and oxygen atoms in total. The first-order chi connectivity index (χ1) is 14.8. The van der Waals surface area contributed by atoms with Crippen LogP contribution in [0.2, 0.25) is 0 Å². The zero-order valence-electron chi connectivity index (χ0n) is 17.5. The molecule has 0 unspecified atom stereocenters. The minimum absolute atomic E-state index is 0.212. The van der Waals surface area contributed by atoms with E-state index in [-0.39, 0.29) is 16.6 Å². The molecule has 0 aliphatic rings. The van der Waals surface area contributed by atoms with Crippen LogP contribution in [0.1, 0.15) is 27.9 Å². The van der Waals surface area contributed by atoms with Gasteiger partial charge in [-0.15, -0.1) is 0 Å². The molecule has 162 valence electrons. The van der Waals surface area contributed by atoms with Crippen molar-refractivity contribution in [2.45, 2.75) is 24.7 Å². The van der Waals surface area contributed by atoms with E-state index >= 15 is 0 Å². The van der Waals surface area contributed by atoms with E-state index < -0.39 is 10.0 Å². The van der Waals surface area contributed by atoms with Gasteiger partial charge >= 0.3 is 0 Å². The lowest BCUT2D eigenvalue weighted by molar-refractivity contribution is 0.0953. The summed E-state index contributed by atoms with van der Waals surface area (Å²) in [7, 11) is -2.19. The van der Waals surface area contributed by atoms with Crippen LogP contribution in [-0.4, -0.2) is 27.9 Å². The van der Waals surface area contributed by atoms with Gasteiger partial charge in [-0.25, -0.2) is 12.8 Å². The maximum atomic E-state index is 12.9. The van der Waals surface area contributed by atoms with Gasteiger partial charge in [-0.3, -0.25) is 9.10 Å². The van der Waals surface area contributed by atoms with E-state index in [0.717, 1.165) is 24.0 Å². The van der Waals surface area contributed by atoms with Crippen molar-refractivity contribution in [2.24, 2.45) is 0 Å². The summed E-state index contributed by atoms with van der Waals surface area (Å²) in [6, 6.07) is 19.4. The van der Waals surface area contributed by atoms with E-state index in [4.69, 9.17) is 0 Å². The van der Waals surface area contributed by atoms with E-state index in [1.165, 1.54) is 23.5 Å². The molecule has 0 saturated carbocycles. The molecule has 0 bridgehead atoms. The molecular formula is C24H25FN2O3S. The lowest BCUT2D eigenvalue weighted by atomic mass is 10.1. The fourth-order valence-electron chi connectivity index (χ4n) is 3.08. The van der Waals surface area contributed by atoms with Crippen LogP contribution in [0.3, 0.4) is 0 Å². The standard InChI is InChI=1S/C24H25FN2O3S/c1-18-5-15-23(16-6-18)31(29,30)27(2)22-13-9-20(10-14-22)24(28)26-17-3-4-19-7-11-21(25)12-8-19/h5-16H,3-4,17H2,1-2H3,(H,26,28). The van der Waals surface area contributed by atoms with Gasteiger partial charge in [-0.05, 0) is 73.9 Å². The second-order valence-corrected chi connectivity index (χ2v) is 9.29. The van der Waals surface area contributed by atoms with Crippen LogP contribution in [0.4, 0.5) is 10.1 Å². The smallest absolute Gasteiger partial charge is 0.264 e. The molecule has 0 atom stereocenters. The number of amides is 1. The monoisotopic (exact) mass is 440 g/mol. The Bertz CT molecular complexity index is 1130. The molecule has 0 spiro atoms. The van der Waals surface area contributed by atoms with Gasteiger partial charge in [0.05, 0.1) is 10.6 Å². The van der Waals surface area contributed by atoms with Crippen molar-refractivity contribution in [3.63, 3.8) is 0 Å². The predicted molar refractivity (Wildman–Crippen MR) is 120 cm³/mol. The van der Waals surface area contributed by atoms with E-state index in [0.29, 0.717) is 17.8 Å². The summed E-state index contributed by atoms with van der Waals surface area (Å²) >= 11 is 0. The van der Waals surface area contributed by atoms with Crippen molar-refractivity contribution in [1.82, 2.24) is 5.32 Å². The van der Waals surface area contributed by atoms with Crippen molar-refractivity contribution in [3.05, 3.63) is 95.3 Å². The van der Waals surface area contributed by atoms with Crippen molar-refractivity contribution in [2.75, 3.05) is 17.9 Å². The Morgan fingerprint density at radius 2 is 1.55 bits per heavy atom. The highest BCUT2D eigenvalue weighted by atomic mass is 32.2. The third kappa shape index (κ3) is 5.70. The van der Waals surface area contributed by atoms with E-state index in [1.807, 2.05) is 6.92 Å². The number of nitrogens with zero attached hydrogens (tertiary/aromatic N) is 1. The summed E-state index contributed by atoms with van der Waals surface area (Å²) in [6.07, 6.45) is 1.47. The van der Waals surface area contributed by atoms with Gasteiger partial charge in [0.1, 0.15) is 5.82 Å². The van der Waals surface area contributed by atoms with Crippen LogP contribution >= 0.6 is 0 Å².